The third-order valence-corrected chi connectivity index (χ3v) is 6.95. The lowest BCUT2D eigenvalue weighted by Gasteiger charge is -2.36. The Morgan fingerprint density at radius 3 is 2.52 bits per heavy atom. The Morgan fingerprint density at radius 2 is 1.85 bits per heavy atom. The molecule has 2 amide bonds. The summed E-state index contributed by atoms with van der Waals surface area (Å²) >= 11 is 0. The Kier molecular flexibility index (Phi) is 7.31. The Labute approximate surface area is 197 Å². The second kappa shape index (κ2) is 10.4. The molecule has 0 radical (unpaired) electrons. The molecule has 0 unspecified atom stereocenters. The van der Waals surface area contributed by atoms with Gasteiger partial charge in [0.2, 0.25) is 11.8 Å². The van der Waals surface area contributed by atoms with Gasteiger partial charge in [-0.3, -0.25) is 9.59 Å². The zero-order valence-electron chi connectivity index (χ0n) is 20.3. The van der Waals surface area contributed by atoms with E-state index in [2.05, 4.69) is 42.2 Å². The van der Waals surface area contributed by atoms with Gasteiger partial charge in [-0.15, -0.1) is 0 Å². The molecule has 33 heavy (non-hydrogen) atoms. The molecule has 1 saturated heterocycles. The smallest absolute Gasteiger partial charge is 0.219 e. The highest BCUT2D eigenvalue weighted by Gasteiger charge is 2.23. The zero-order valence-corrected chi connectivity index (χ0v) is 20.3. The number of amides is 2. The molecule has 1 aliphatic heterocycles. The number of anilines is 1. The lowest BCUT2D eigenvalue weighted by molar-refractivity contribution is -0.130. The van der Waals surface area contributed by atoms with Gasteiger partial charge in [0.15, 0.2) is 0 Å². The number of fused-ring (bicyclic) bond motifs is 1. The molecule has 2 aromatic rings. The quantitative estimate of drug-likeness (QED) is 0.613. The van der Waals surface area contributed by atoms with Crippen LogP contribution < -0.4 is 4.90 Å². The van der Waals surface area contributed by atoms with Gasteiger partial charge in [-0.2, -0.15) is 0 Å². The molecule has 0 spiro atoms. The lowest BCUT2D eigenvalue weighted by Crippen LogP contribution is -2.48. The maximum atomic E-state index is 12.6. The molecule has 176 valence electrons. The monoisotopic (exact) mass is 448 g/mol. The summed E-state index contributed by atoms with van der Waals surface area (Å²) in [5.74, 6) is 1.16. The summed E-state index contributed by atoms with van der Waals surface area (Å²) in [5, 5.41) is 1.11. The van der Waals surface area contributed by atoms with Crippen molar-refractivity contribution in [3.8, 4) is 0 Å². The van der Waals surface area contributed by atoms with Gasteiger partial charge in [0, 0.05) is 64.1 Å². The maximum absolute atomic E-state index is 12.6. The van der Waals surface area contributed by atoms with Gasteiger partial charge in [0.1, 0.15) is 5.82 Å². The van der Waals surface area contributed by atoms with Crippen LogP contribution in [0.5, 0.6) is 0 Å². The number of piperazine rings is 1. The fourth-order valence-corrected chi connectivity index (χ4v) is 4.92. The van der Waals surface area contributed by atoms with E-state index in [4.69, 9.17) is 4.98 Å². The van der Waals surface area contributed by atoms with Crippen LogP contribution in [0.25, 0.3) is 10.9 Å². The number of allylic oxidation sites excluding steroid dienone is 1. The first-order valence-corrected chi connectivity index (χ1v) is 12.2. The standard InChI is InChI=1S/C27H36N4O2/c1-20-9-10-26-24(17-20)18-25(27(28-26)30-15-13-29(14-16-30)21(2)32)19-31(22(3)33)12-11-23-7-5-4-6-8-23/h7,9-10,17-18H,4-6,8,11-16,19H2,1-3H3. The van der Waals surface area contributed by atoms with Gasteiger partial charge < -0.3 is 14.7 Å². The number of carbonyl (C=O) groups excluding carboxylic acids is 2. The highest BCUT2D eigenvalue weighted by Crippen LogP contribution is 2.28. The number of hydrogen-bond donors (Lipinski definition) is 0. The Bertz CT molecular complexity index is 1050. The number of carbonyl (C=O) groups is 2. The minimum atomic E-state index is 0.100. The van der Waals surface area contributed by atoms with Crippen molar-refractivity contribution < 1.29 is 9.59 Å². The molecule has 1 aliphatic carbocycles. The predicted molar refractivity (Wildman–Crippen MR) is 133 cm³/mol. The summed E-state index contributed by atoms with van der Waals surface area (Å²) in [6.45, 7) is 9.59. The second-order valence-corrected chi connectivity index (χ2v) is 9.46. The first-order chi connectivity index (χ1) is 15.9. The van der Waals surface area contributed by atoms with Crippen LogP contribution in [0, 0.1) is 6.92 Å². The van der Waals surface area contributed by atoms with E-state index in [1.165, 1.54) is 30.4 Å². The van der Waals surface area contributed by atoms with Crippen LogP contribution in [0.3, 0.4) is 0 Å². The molecular weight excluding hydrogens is 412 g/mol. The van der Waals surface area contributed by atoms with Crippen LogP contribution in [0.15, 0.2) is 35.9 Å². The molecule has 2 aliphatic rings. The number of benzene rings is 1. The van der Waals surface area contributed by atoms with Crippen molar-refractivity contribution in [2.24, 2.45) is 0 Å². The Morgan fingerprint density at radius 1 is 1.06 bits per heavy atom. The molecule has 2 heterocycles. The molecule has 1 aromatic carbocycles. The van der Waals surface area contributed by atoms with Crippen LogP contribution in [0.2, 0.25) is 0 Å². The molecule has 6 heteroatoms. The summed E-state index contributed by atoms with van der Waals surface area (Å²) < 4.78 is 0. The summed E-state index contributed by atoms with van der Waals surface area (Å²) in [6, 6.07) is 8.53. The Balaban J connectivity index is 1.60. The van der Waals surface area contributed by atoms with Crippen molar-refractivity contribution in [2.45, 2.75) is 59.4 Å². The summed E-state index contributed by atoms with van der Waals surface area (Å²) in [7, 11) is 0. The van der Waals surface area contributed by atoms with Gasteiger partial charge in [-0.05, 0) is 57.2 Å². The normalized spacial score (nSPS) is 16.6. The minimum absolute atomic E-state index is 0.100. The minimum Gasteiger partial charge on any atom is -0.353 e. The van der Waals surface area contributed by atoms with Crippen molar-refractivity contribution in [1.29, 1.82) is 0 Å². The average Bonchev–Trinajstić information content (AvgIpc) is 2.81. The van der Waals surface area contributed by atoms with Crippen molar-refractivity contribution in [2.75, 3.05) is 37.6 Å². The number of hydrogen-bond acceptors (Lipinski definition) is 4. The molecule has 1 aromatic heterocycles. The van der Waals surface area contributed by atoms with E-state index < -0.39 is 0 Å². The Hall–Kier alpha value is -2.89. The first kappa shape index (κ1) is 23.3. The lowest BCUT2D eigenvalue weighted by atomic mass is 9.97. The van der Waals surface area contributed by atoms with Crippen LogP contribution in [0.4, 0.5) is 5.82 Å². The number of aryl methyl sites for hydroxylation is 1. The van der Waals surface area contributed by atoms with Gasteiger partial charge >= 0.3 is 0 Å². The van der Waals surface area contributed by atoms with Crippen LogP contribution in [-0.2, 0) is 16.1 Å². The molecule has 0 saturated carbocycles. The van der Waals surface area contributed by atoms with Gasteiger partial charge in [0.05, 0.1) is 5.52 Å². The number of pyridine rings is 1. The van der Waals surface area contributed by atoms with Gasteiger partial charge in [-0.1, -0.05) is 23.3 Å². The highest BCUT2D eigenvalue weighted by atomic mass is 16.2. The van der Waals surface area contributed by atoms with E-state index >= 15 is 0 Å². The molecule has 4 rings (SSSR count). The molecule has 1 fully saturated rings. The van der Waals surface area contributed by atoms with Crippen molar-refractivity contribution in [3.63, 3.8) is 0 Å². The van der Waals surface area contributed by atoms with Crippen molar-refractivity contribution in [1.82, 2.24) is 14.8 Å². The summed E-state index contributed by atoms with van der Waals surface area (Å²) in [5.41, 5.74) is 4.73. The van der Waals surface area contributed by atoms with Gasteiger partial charge in [0.25, 0.3) is 0 Å². The first-order valence-electron chi connectivity index (χ1n) is 12.2. The van der Waals surface area contributed by atoms with E-state index in [-0.39, 0.29) is 11.8 Å². The number of nitrogens with zero attached hydrogens (tertiary/aromatic N) is 4. The van der Waals surface area contributed by atoms with Gasteiger partial charge in [-0.25, -0.2) is 4.98 Å². The maximum Gasteiger partial charge on any atom is 0.219 e. The van der Waals surface area contributed by atoms with E-state index in [9.17, 15) is 9.59 Å². The molecule has 6 nitrogen and oxygen atoms in total. The number of aromatic nitrogens is 1. The largest absolute Gasteiger partial charge is 0.353 e. The van der Waals surface area contributed by atoms with Crippen molar-refractivity contribution >= 4 is 28.5 Å². The van der Waals surface area contributed by atoms with Crippen LogP contribution in [-0.4, -0.2) is 59.3 Å². The average molecular weight is 449 g/mol. The van der Waals surface area contributed by atoms with E-state index in [0.717, 1.165) is 54.8 Å². The molecular formula is C27H36N4O2. The zero-order chi connectivity index (χ0) is 23.4. The SMILES string of the molecule is CC(=O)N1CCN(c2nc3ccc(C)cc3cc2CN(CCC2=CCCCC2)C(C)=O)CC1. The third-order valence-electron chi connectivity index (χ3n) is 6.95. The predicted octanol–water partition coefficient (Wildman–Crippen LogP) is 4.45. The topological polar surface area (TPSA) is 56.8 Å². The fourth-order valence-electron chi connectivity index (χ4n) is 4.92. The summed E-state index contributed by atoms with van der Waals surface area (Å²) in [4.78, 5) is 35.5. The van der Waals surface area contributed by atoms with E-state index in [0.29, 0.717) is 19.6 Å². The molecule has 0 atom stereocenters. The van der Waals surface area contributed by atoms with Crippen LogP contribution in [0.1, 0.15) is 57.1 Å². The number of rotatable bonds is 6. The highest BCUT2D eigenvalue weighted by molar-refractivity contribution is 5.83. The molecule has 0 N–H and O–H groups in total. The van der Waals surface area contributed by atoms with Crippen molar-refractivity contribution in [3.05, 3.63) is 47.0 Å². The second-order valence-electron chi connectivity index (χ2n) is 9.46. The fraction of sp³-hybridized carbons (Fsp3) is 0.519. The van der Waals surface area contributed by atoms with E-state index in [1.807, 2.05) is 9.80 Å². The third kappa shape index (κ3) is 5.73. The van der Waals surface area contributed by atoms with Crippen LogP contribution >= 0.6 is 0 Å². The summed E-state index contributed by atoms with van der Waals surface area (Å²) in [6.07, 6.45) is 8.18. The molecule has 0 bridgehead atoms. The van der Waals surface area contributed by atoms with E-state index in [1.54, 1.807) is 13.8 Å².